The Balaban J connectivity index is 1.26. The maximum absolute atomic E-state index is 6.10. The number of hydrogen-bond acceptors (Lipinski definition) is 5. The number of aromatic nitrogens is 4. The van der Waals surface area contributed by atoms with Crippen molar-refractivity contribution in [3.63, 3.8) is 0 Å². The van der Waals surface area contributed by atoms with Crippen LogP contribution >= 0.6 is 11.6 Å². The van der Waals surface area contributed by atoms with Crippen molar-refractivity contribution in [1.29, 1.82) is 0 Å². The van der Waals surface area contributed by atoms with Crippen molar-refractivity contribution in [3.05, 3.63) is 53.4 Å². The summed E-state index contributed by atoms with van der Waals surface area (Å²) in [4.78, 5) is 13.5. The summed E-state index contributed by atoms with van der Waals surface area (Å²) in [6.07, 6.45) is 9.72. The van der Waals surface area contributed by atoms with Gasteiger partial charge in [0.1, 0.15) is 23.6 Å². The second kappa shape index (κ2) is 8.58. The van der Waals surface area contributed by atoms with E-state index < -0.39 is 0 Å². The molecule has 166 valence electrons. The topological polar surface area (TPSA) is 81.7 Å². The Labute approximate surface area is 193 Å². The molecule has 0 saturated heterocycles. The summed E-state index contributed by atoms with van der Waals surface area (Å²) in [5, 5.41) is 6.08. The minimum Gasteiger partial charge on any atom is -0.382 e. The van der Waals surface area contributed by atoms with Crippen LogP contribution in [-0.4, -0.2) is 25.6 Å². The summed E-state index contributed by atoms with van der Waals surface area (Å²) in [6, 6.07) is 11.3. The minimum atomic E-state index is 0.339. The van der Waals surface area contributed by atoms with E-state index in [4.69, 9.17) is 17.3 Å². The fraction of sp³-hybridized carbons (Fsp3) is 0.400. The first-order chi connectivity index (χ1) is 15.5. The summed E-state index contributed by atoms with van der Waals surface area (Å²) < 4.78 is 2.36. The van der Waals surface area contributed by atoms with Gasteiger partial charge < -0.3 is 15.6 Å². The quantitative estimate of drug-likeness (QED) is 0.377. The fourth-order valence-corrected chi connectivity index (χ4v) is 5.11. The molecule has 0 spiro atoms. The number of benzene rings is 1. The molecule has 6 nitrogen and oxygen atoms in total. The molecule has 0 bridgehead atoms. The summed E-state index contributed by atoms with van der Waals surface area (Å²) in [5.74, 6) is 2.03. The van der Waals surface area contributed by atoms with Gasteiger partial charge in [-0.15, -0.1) is 0 Å². The number of aryl methyl sites for hydroxylation is 1. The lowest BCUT2D eigenvalue weighted by Gasteiger charge is -2.15. The third kappa shape index (κ3) is 4.11. The SMILES string of the molecule is CC(C)Nc1ncnc2c1ccn2[C@H]1CC[C@@H](CCc2ccc3cc(Cl)c(N)nc3c2)C1. The van der Waals surface area contributed by atoms with E-state index in [-0.39, 0.29) is 0 Å². The number of nitrogens with zero attached hydrogens (tertiary/aromatic N) is 4. The molecule has 4 aromatic rings. The highest BCUT2D eigenvalue weighted by atomic mass is 35.5. The summed E-state index contributed by atoms with van der Waals surface area (Å²) in [6.45, 7) is 4.25. The fourth-order valence-electron chi connectivity index (χ4n) is 4.95. The normalized spacial score (nSPS) is 18.8. The smallest absolute Gasteiger partial charge is 0.145 e. The number of nitrogen functional groups attached to an aromatic ring is 1. The van der Waals surface area contributed by atoms with Gasteiger partial charge in [0.2, 0.25) is 0 Å². The van der Waals surface area contributed by atoms with Crippen LogP contribution in [0.4, 0.5) is 11.6 Å². The Morgan fingerprint density at radius 1 is 1.19 bits per heavy atom. The second-order valence-corrected chi connectivity index (χ2v) is 9.64. The predicted molar refractivity (Wildman–Crippen MR) is 132 cm³/mol. The summed E-state index contributed by atoms with van der Waals surface area (Å²) in [7, 11) is 0. The van der Waals surface area contributed by atoms with Crippen LogP contribution in [0.15, 0.2) is 42.9 Å². The van der Waals surface area contributed by atoms with Crippen molar-refractivity contribution in [1.82, 2.24) is 19.5 Å². The number of rotatable bonds is 6. The van der Waals surface area contributed by atoms with Crippen LogP contribution in [0.3, 0.4) is 0 Å². The van der Waals surface area contributed by atoms with Crippen LogP contribution in [0.1, 0.15) is 51.1 Å². The molecule has 0 amide bonds. The molecule has 3 N–H and O–H groups in total. The van der Waals surface area contributed by atoms with Gasteiger partial charge in [-0.25, -0.2) is 15.0 Å². The lowest BCUT2D eigenvalue weighted by atomic mass is 9.97. The van der Waals surface area contributed by atoms with E-state index in [0.29, 0.717) is 28.8 Å². The minimum absolute atomic E-state index is 0.339. The van der Waals surface area contributed by atoms with E-state index >= 15 is 0 Å². The summed E-state index contributed by atoms with van der Waals surface area (Å²) >= 11 is 6.10. The highest BCUT2D eigenvalue weighted by molar-refractivity contribution is 6.33. The average Bonchev–Trinajstić information content (AvgIpc) is 3.40. The maximum Gasteiger partial charge on any atom is 0.145 e. The van der Waals surface area contributed by atoms with Gasteiger partial charge in [0.25, 0.3) is 0 Å². The van der Waals surface area contributed by atoms with Crippen LogP contribution in [-0.2, 0) is 6.42 Å². The number of halogens is 1. The van der Waals surface area contributed by atoms with E-state index in [9.17, 15) is 0 Å². The first-order valence-electron chi connectivity index (χ1n) is 11.4. The van der Waals surface area contributed by atoms with Gasteiger partial charge >= 0.3 is 0 Å². The molecule has 1 aliphatic rings. The van der Waals surface area contributed by atoms with E-state index in [1.807, 2.05) is 6.07 Å². The van der Waals surface area contributed by atoms with Gasteiger partial charge in [0.15, 0.2) is 0 Å². The Morgan fingerprint density at radius 3 is 2.91 bits per heavy atom. The zero-order valence-corrected chi connectivity index (χ0v) is 19.3. The Hall–Kier alpha value is -2.86. The van der Waals surface area contributed by atoms with Crippen molar-refractivity contribution >= 4 is 45.2 Å². The molecule has 3 heterocycles. The molecule has 32 heavy (non-hydrogen) atoms. The van der Waals surface area contributed by atoms with Crippen LogP contribution in [0.5, 0.6) is 0 Å². The largest absolute Gasteiger partial charge is 0.382 e. The van der Waals surface area contributed by atoms with Crippen LogP contribution in [0.25, 0.3) is 21.9 Å². The molecule has 0 radical (unpaired) electrons. The molecule has 2 atom stereocenters. The molecule has 0 unspecified atom stereocenters. The molecule has 1 aliphatic carbocycles. The van der Waals surface area contributed by atoms with Crippen molar-refractivity contribution < 1.29 is 0 Å². The first-order valence-corrected chi connectivity index (χ1v) is 11.8. The number of pyridine rings is 1. The van der Waals surface area contributed by atoms with E-state index in [0.717, 1.165) is 34.2 Å². The van der Waals surface area contributed by atoms with E-state index in [1.54, 1.807) is 6.33 Å². The van der Waals surface area contributed by atoms with Crippen molar-refractivity contribution in [2.45, 2.75) is 58.0 Å². The molecule has 5 rings (SSSR count). The highest BCUT2D eigenvalue weighted by Gasteiger charge is 2.27. The number of nitrogens with one attached hydrogen (secondary N) is 1. The third-order valence-electron chi connectivity index (χ3n) is 6.55. The molecular formula is C25H29ClN6. The standard InChI is InChI=1S/C25H29ClN6/c1-15(2)30-24-20-9-10-32(25(20)29-14-28-24)19-8-6-16(11-19)3-4-17-5-7-18-13-21(26)23(27)31-22(18)12-17/h5,7,9-10,12-16,19H,3-4,6,8,11H2,1-2H3,(H2,27,31)(H,28,29,30)/t16-,19+/m1/s1. The van der Waals surface area contributed by atoms with Gasteiger partial charge in [-0.05, 0) is 75.6 Å². The number of nitrogens with two attached hydrogens (primary N) is 1. The molecule has 1 saturated carbocycles. The molecule has 3 aromatic heterocycles. The zero-order valence-electron chi connectivity index (χ0n) is 18.6. The zero-order chi connectivity index (χ0) is 22.2. The molecule has 1 aromatic carbocycles. The second-order valence-electron chi connectivity index (χ2n) is 9.24. The molecular weight excluding hydrogens is 420 g/mol. The summed E-state index contributed by atoms with van der Waals surface area (Å²) in [5.41, 5.74) is 9.14. The van der Waals surface area contributed by atoms with Crippen molar-refractivity contribution in [3.8, 4) is 0 Å². The lowest BCUT2D eigenvalue weighted by molar-refractivity contribution is 0.461. The molecule has 1 fully saturated rings. The van der Waals surface area contributed by atoms with Crippen LogP contribution < -0.4 is 11.1 Å². The van der Waals surface area contributed by atoms with Gasteiger partial charge in [-0.3, -0.25) is 0 Å². The van der Waals surface area contributed by atoms with Crippen molar-refractivity contribution in [2.75, 3.05) is 11.1 Å². The van der Waals surface area contributed by atoms with E-state index in [2.05, 4.69) is 69.1 Å². The highest BCUT2D eigenvalue weighted by Crippen LogP contribution is 2.39. The number of anilines is 2. The molecule has 7 heteroatoms. The number of fused-ring (bicyclic) bond motifs is 2. The van der Waals surface area contributed by atoms with E-state index in [1.165, 1.54) is 31.2 Å². The lowest BCUT2D eigenvalue weighted by Crippen LogP contribution is -2.12. The first kappa shape index (κ1) is 21.0. The van der Waals surface area contributed by atoms with Crippen molar-refractivity contribution in [2.24, 2.45) is 5.92 Å². The van der Waals surface area contributed by atoms with Gasteiger partial charge in [0, 0.05) is 23.7 Å². The van der Waals surface area contributed by atoms with Crippen LogP contribution in [0, 0.1) is 5.92 Å². The third-order valence-corrected chi connectivity index (χ3v) is 6.85. The van der Waals surface area contributed by atoms with Gasteiger partial charge in [-0.2, -0.15) is 0 Å². The predicted octanol–water partition coefficient (Wildman–Crippen LogP) is 6.01. The average molecular weight is 449 g/mol. The monoisotopic (exact) mass is 448 g/mol. The number of hydrogen-bond donors (Lipinski definition) is 2. The Kier molecular flexibility index (Phi) is 5.64. The Bertz CT molecular complexity index is 1260. The Morgan fingerprint density at radius 2 is 2.06 bits per heavy atom. The maximum atomic E-state index is 6.10. The van der Waals surface area contributed by atoms with Gasteiger partial charge in [0.05, 0.1) is 15.9 Å². The van der Waals surface area contributed by atoms with Gasteiger partial charge in [-0.1, -0.05) is 23.7 Å². The van der Waals surface area contributed by atoms with Crippen LogP contribution in [0.2, 0.25) is 5.02 Å². The molecule has 0 aliphatic heterocycles.